The van der Waals surface area contributed by atoms with Crippen molar-refractivity contribution in [2.45, 2.75) is 12.8 Å². The summed E-state index contributed by atoms with van der Waals surface area (Å²) < 4.78 is 40.9. The number of anilines is 3. The fourth-order valence-corrected chi connectivity index (χ4v) is 4.37. The minimum Gasteiger partial charge on any atom is -0.378 e. The highest BCUT2D eigenvalue weighted by molar-refractivity contribution is 6.00. The van der Waals surface area contributed by atoms with Gasteiger partial charge in [-0.05, 0) is 26.2 Å². The van der Waals surface area contributed by atoms with Crippen molar-refractivity contribution in [3.05, 3.63) is 24.0 Å². The number of alkyl halides is 2. The number of amides is 1. The van der Waals surface area contributed by atoms with Gasteiger partial charge in [0.05, 0.1) is 37.6 Å². The van der Waals surface area contributed by atoms with Gasteiger partial charge >= 0.3 is 0 Å². The molecule has 0 saturated carbocycles. The zero-order valence-electron chi connectivity index (χ0n) is 21.4. The van der Waals surface area contributed by atoms with Crippen LogP contribution in [-0.4, -0.2) is 109 Å². The van der Waals surface area contributed by atoms with E-state index in [1.54, 1.807) is 18.2 Å². The van der Waals surface area contributed by atoms with Gasteiger partial charge in [-0.1, -0.05) is 6.07 Å². The molecule has 1 N–H and O–H groups in total. The second-order valence-corrected chi connectivity index (χ2v) is 9.32. The van der Waals surface area contributed by atoms with Gasteiger partial charge in [-0.3, -0.25) is 9.36 Å². The molecule has 1 aromatic carbocycles. The van der Waals surface area contributed by atoms with Gasteiger partial charge in [-0.2, -0.15) is 15.0 Å². The first kappa shape index (κ1) is 26.1. The second-order valence-electron chi connectivity index (χ2n) is 9.32. The molecule has 14 heteroatoms. The van der Waals surface area contributed by atoms with E-state index in [1.165, 1.54) is 4.57 Å². The molecule has 4 heterocycles. The van der Waals surface area contributed by atoms with Gasteiger partial charge in [0, 0.05) is 39.1 Å². The Morgan fingerprint density at radius 1 is 0.947 bits per heavy atom. The Kier molecular flexibility index (Phi) is 7.90. The zero-order chi connectivity index (χ0) is 26.6. The Bertz CT molecular complexity index is 1240. The smallest absolute Gasteiger partial charge is 0.296 e. The molecular formula is C24H31F2N9O3. The predicted octanol–water partition coefficient (Wildman–Crippen LogP) is 1.71. The Morgan fingerprint density at radius 2 is 1.53 bits per heavy atom. The van der Waals surface area contributed by atoms with Crippen molar-refractivity contribution < 1.29 is 23.0 Å². The van der Waals surface area contributed by atoms with Crippen LogP contribution in [0.2, 0.25) is 0 Å². The maximum Gasteiger partial charge on any atom is 0.296 e. The van der Waals surface area contributed by atoms with E-state index in [0.717, 1.165) is 0 Å². The molecule has 0 spiro atoms. The van der Waals surface area contributed by atoms with Gasteiger partial charge < -0.3 is 29.5 Å². The molecule has 2 aliphatic heterocycles. The molecule has 5 rings (SSSR count). The van der Waals surface area contributed by atoms with E-state index < -0.39 is 12.2 Å². The van der Waals surface area contributed by atoms with Gasteiger partial charge in [-0.15, -0.1) is 0 Å². The summed E-state index contributed by atoms with van der Waals surface area (Å²) in [5.74, 6) is 0.0626. The van der Waals surface area contributed by atoms with E-state index in [1.807, 2.05) is 28.8 Å². The Hall–Kier alpha value is -3.49. The second kappa shape index (κ2) is 11.5. The van der Waals surface area contributed by atoms with Crippen LogP contribution in [0.3, 0.4) is 0 Å². The van der Waals surface area contributed by atoms with Crippen LogP contribution in [0.4, 0.5) is 26.4 Å². The number of morpholine rings is 2. The molecule has 2 aromatic heterocycles. The van der Waals surface area contributed by atoms with E-state index in [2.05, 4.69) is 25.3 Å². The lowest BCUT2D eigenvalue weighted by atomic mass is 10.2. The maximum atomic E-state index is 14.4. The number of hydrogen-bond acceptors (Lipinski definition) is 10. The average molecular weight is 532 g/mol. The topological polar surface area (TPSA) is 114 Å². The van der Waals surface area contributed by atoms with E-state index in [-0.39, 0.29) is 23.8 Å². The van der Waals surface area contributed by atoms with Crippen molar-refractivity contribution in [2.75, 3.05) is 88.4 Å². The fraction of sp³-hybridized carbons (Fsp3) is 0.542. The van der Waals surface area contributed by atoms with E-state index in [4.69, 9.17) is 9.47 Å². The van der Waals surface area contributed by atoms with Crippen LogP contribution in [0.25, 0.3) is 17.0 Å². The van der Waals surface area contributed by atoms with Crippen LogP contribution < -0.4 is 15.1 Å². The Labute approximate surface area is 218 Å². The number of carbonyl (C=O) groups excluding carboxylic acids is 1. The van der Waals surface area contributed by atoms with Crippen LogP contribution in [0.5, 0.6) is 0 Å². The van der Waals surface area contributed by atoms with Crippen molar-refractivity contribution in [1.29, 1.82) is 0 Å². The normalized spacial score (nSPS) is 16.6. The highest BCUT2D eigenvalue weighted by atomic mass is 19.3. The molecule has 0 radical (unpaired) electrons. The maximum absolute atomic E-state index is 14.4. The fourth-order valence-electron chi connectivity index (χ4n) is 4.37. The molecule has 1 amide bonds. The van der Waals surface area contributed by atoms with Crippen molar-refractivity contribution in [3.8, 4) is 5.95 Å². The summed E-state index contributed by atoms with van der Waals surface area (Å²) in [6.07, 6.45) is -2.65. The van der Waals surface area contributed by atoms with E-state index in [0.29, 0.717) is 82.3 Å². The summed E-state index contributed by atoms with van der Waals surface area (Å²) in [6, 6.07) is 4.99. The van der Waals surface area contributed by atoms with Crippen molar-refractivity contribution in [2.24, 2.45) is 0 Å². The van der Waals surface area contributed by atoms with Crippen LogP contribution in [0.15, 0.2) is 18.2 Å². The highest BCUT2D eigenvalue weighted by Crippen LogP contribution is 2.31. The van der Waals surface area contributed by atoms with Gasteiger partial charge in [0.25, 0.3) is 6.43 Å². The third-order valence-corrected chi connectivity index (χ3v) is 6.35. The number of fused-ring (bicyclic) bond motifs is 1. The lowest BCUT2D eigenvalue weighted by Gasteiger charge is -2.30. The molecule has 2 fully saturated rings. The number of halogens is 2. The monoisotopic (exact) mass is 531 g/mol. The summed E-state index contributed by atoms with van der Waals surface area (Å²) in [7, 11) is 3.74. The van der Waals surface area contributed by atoms with Crippen molar-refractivity contribution in [3.63, 3.8) is 0 Å². The third-order valence-electron chi connectivity index (χ3n) is 6.35. The third kappa shape index (κ3) is 5.66. The Balaban J connectivity index is 1.60. The van der Waals surface area contributed by atoms with Crippen molar-refractivity contribution >= 4 is 34.5 Å². The summed E-state index contributed by atoms with van der Waals surface area (Å²) in [4.78, 5) is 36.5. The van der Waals surface area contributed by atoms with Crippen molar-refractivity contribution in [1.82, 2.24) is 29.4 Å². The minimum atomic E-state index is -2.91. The Morgan fingerprint density at radius 3 is 2.08 bits per heavy atom. The predicted molar refractivity (Wildman–Crippen MR) is 137 cm³/mol. The quantitative estimate of drug-likeness (QED) is 0.461. The van der Waals surface area contributed by atoms with E-state index >= 15 is 0 Å². The first-order valence-corrected chi connectivity index (χ1v) is 12.6. The first-order valence-electron chi connectivity index (χ1n) is 12.6. The molecule has 2 saturated heterocycles. The number of carbonyl (C=O) groups is 1. The highest BCUT2D eigenvalue weighted by Gasteiger charge is 2.27. The summed E-state index contributed by atoms with van der Waals surface area (Å²) in [5, 5.41) is 2.81. The lowest BCUT2D eigenvalue weighted by molar-refractivity contribution is -0.116. The molecule has 0 unspecified atom stereocenters. The molecule has 0 aliphatic carbocycles. The van der Waals surface area contributed by atoms with Gasteiger partial charge in [0.1, 0.15) is 5.52 Å². The van der Waals surface area contributed by atoms with Gasteiger partial charge in [-0.25, -0.2) is 13.8 Å². The molecular weight excluding hydrogens is 500 g/mol. The largest absolute Gasteiger partial charge is 0.378 e. The van der Waals surface area contributed by atoms with Gasteiger partial charge in [0.2, 0.25) is 23.8 Å². The average Bonchev–Trinajstić information content (AvgIpc) is 3.34. The summed E-state index contributed by atoms with van der Waals surface area (Å²) in [6.45, 7) is 4.90. The number of imidazole rings is 1. The van der Waals surface area contributed by atoms with Crippen LogP contribution in [0.1, 0.15) is 18.7 Å². The molecule has 0 atom stereocenters. The molecule has 3 aromatic rings. The van der Waals surface area contributed by atoms with Crippen LogP contribution >= 0.6 is 0 Å². The van der Waals surface area contributed by atoms with Crippen LogP contribution in [0, 0.1) is 0 Å². The van der Waals surface area contributed by atoms with Crippen LogP contribution in [-0.2, 0) is 14.3 Å². The molecule has 12 nitrogen and oxygen atoms in total. The van der Waals surface area contributed by atoms with Gasteiger partial charge in [0.15, 0.2) is 5.82 Å². The summed E-state index contributed by atoms with van der Waals surface area (Å²) in [5.41, 5.74) is 0.947. The SMILES string of the molecule is CN(C)CCC(=O)Nc1cccc2c1nc(C(F)F)n2-c1nc(N2CCOCC2)nc(N2CCOCC2)n1. The standard InChI is InChI=1S/C24H31F2N9O3/c1-32(2)7-6-18(36)27-16-4-3-5-17-19(16)28-21(20(25)26)35(17)24-30-22(33-8-12-37-13-9-33)29-23(31-24)34-10-14-38-15-11-34/h3-5,20H,6-15H2,1-2H3,(H,27,36). The number of rotatable bonds is 8. The number of nitrogens with zero attached hydrogens (tertiary/aromatic N) is 8. The number of ether oxygens (including phenoxy) is 2. The molecule has 0 bridgehead atoms. The molecule has 38 heavy (non-hydrogen) atoms. The molecule has 204 valence electrons. The minimum absolute atomic E-state index is 0.0388. The first-order chi connectivity index (χ1) is 18.4. The number of para-hydroxylation sites is 1. The molecule has 2 aliphatic rings. The lowest BCUT2D eigenvalue weighted by Crippen LogP contribution is -2.40. The number of aromatic nitrogens is 5. The number of hydrogen-bond donors (Lipinski definition) is 1. The zero-order valence-corrected chi connectivity index (χ0v) is 21.4. The number of benzene rings is 1. The number of nitrogens with one attached hydrogen (secondary N) is 1. The summed E-state index contributed by atoms with van der Waals surface area (Å²) >= 11 is 0. The van der Waals surface area contributed by atoms with E-state index in [9.17, 15) is 13.6 Å².